The number of hydrogen-bond acceptors (Lipinski definition) is 4. The third kappa shape index (κ3) is 1.80. The molecule has 0 bridgehead atoms. The first-order chi connectivity index (χ1) is 7.22. The van der Waals surface area contributed by atoms with E-state index in [2.05, 4.69) is 0 Å². The van der Waals surface area contributed by atoms with Crippen LogP contribution < -0.4 is 4.74 Å². The molecular weight excluding hydrogens is 196 g/mol. The van der Waals surface area contributed by atoms with Gasteiger partial charge in [-0.1, -0.05) is 0 Å². The fourth-order valence-corrected chi connectivity index (χ4v) is 1.58. The zero-order valence-electron chi connectivity index (χ0n) is 8.40. The molecule has 2 rings (SSSR count). The van der Waals surface area contributed by atoms with E-state index in [1.165, 1.54) is 12.1 Å². The van der Waals surface area contributed by atoms with E-state index < -0.39 is 6.10 Å². The number of aromatic hydroxyl groups is 1. The van der Waals surface area contributed by atoms with Crippen molar-refractivity contribution in [2.45, 2.75) is 13.0 Å². The summed E-state index contributed by atoms with van der Waals surface area (Å²) in [4.78, 5) is 11.8. The van der Waals surface area contributed by atoms with Crippen LogP contribution >= 0.6 is 0 Å². The number of Topliss-reactive ketones (excluding diaryl/α,β-unsaturated/α-hetero) is 1. The Kier molecular flexibility index (Phi) is 2.60. The number of phenolic OH excluding ortho intramolecular Hbond substituents is 1. The minimum absolute atomic E-state index is 0.0582. The molecule has 0 spiro atoms. The van der Waals surface area contributed by atoms with Gasteiger partial charge in [-0.15, -0.1) is 0 Å². The zero-order valence-corrected chi connectivity index (χ0v) is 8.40. The van der Waals surface area contributed by atoms with Gasteiger partial charge in [0.15, 0.2) is 11.9 Å². The summed E-state index contributed by atoms with van der Waals surface area (Å²) in [7, 11) is 0. The van der Waals surface area contributed by atoms with Crippen LogP contribution in [0.15, 0.2) is 18.2 Å². The second-order valence-corrected chi connectivity index (χ2v) is 3.30. The number of carbonyl (C=O) groups is 1. The second-order valence-electron chi connectivity index (χ2n) is 3.30. The Bertz CT molecular complexity index is 386. The van der Waals surface area contributed by atoms with Gasteiger partial charge in [0, 0.05) is 6.61 Å². The summed E-state index contributed by atoms with van der Waals surface area (Å²) in [6.45, 7) is 2.53. The number of phenols is 1. The molecule has 0 amide bonds. The van der Waals surface area contributed by atoms with Crippen molar-refractivity contribution in [2.75, 3.05) is 13.2 Å². The molecule has 1 aromatic carbocycles. The largest absolute Gasteiger partial charge is 0.508 e. The van der Waals surface area contributed by atoms with Gasteiger partial charge in [0.2, 0.25) is 0 Å². The van der Waals surface area contributed by atoms with Crippen LogP contribution in [0.1, 0.15) is 17.3 Å². The Labute approximate surface area is 87.4 Å². The van der Waals surface area contributed by atoms with Gasteiger partial charge in [-0.25, -0.2) is 0 Å². The normalized spacial score (nSPS) is 19.5. The van der Waals surface area contributed by atoms with Gasteiger partial charge in [0.1, 0.15) is 18.1 Å². The summed E-state index contributed by atoms with van der Waals surface area (Å²) < 4.78 is 10.6. The molecule has 15 heavy (non-hydrogen) atoms. The topological polar surface area (TPSA) is 55.8 Å². The zero-order chi connectivity index (χ0) is 10.8. The van der Waals surface area contributed by atoms with Crippen molar-refractivity contribution >= 4 is 5.78 Å². The number of hydrogen-bond donors (Lipinski definition) is 1. The van der Waals surface area contributed by atoms with Gasteiger partial charge >= 0.3 is 0 Å². The Balaban J connectivity index is 2.32. The highest BCUT2D eigenvalue weighted by atomic mass is 16.5. The molecule has 0 aliphatic carbocycles. The number of carbonyl (C=O) groups excluding carboxylic acids is 1. The van der Waals surface area contributed by atoms with Crippen molar-refractivity contribution in [1.29, 1.82) is 0 Å². The molecule has 1 heterocycles. The first kappa shape index (κ1) is 9.98. The van der Waals surface area contributed by atoms with E-state index in [9.17, 15) is 9.90 Å². The maximum atomic E-state index is 11.8. The molecule has 0 fully saturated rings. The number of ketones is 1. The molecule has 4 nitrogen and oxygen atoms in total. The molecule has 1 aromatic rings. The lowest BCUT2D eigenvalue weighted by atomic mass is 10.0. The number of ether oxygens (including phenoxy) is 2. The lowest BCUT2D eigenvalue weighted by Crippen LogP contribution is -2.35. The van der Waals surface area contributed by atoms with E-state index in [0.717, 1.165) is 0 Å². The Morgan fingerprint density at radius 1 is 1.60 bits per heavy atom. The van der Waals surface area contributed by atoms with Gasteiger partial charge in [0.05, 0.1) is 5.56 Å². The average molecular weight is 208 g/mol. The van der Waals surface area contributed by atoms with Gasteiger partial charge in [-0.3, -0.25) is 4.79 Å². The predicted molar refractivity (Wildman–Crippen MR) is 53.3 cm³/mol. The minimum Gasteiger partial charge on any atom is -0.508 e. The summed E-state index contributed by atoms with van der Waals surface area (Å²) in [6.07, 6.45) is -0.552. The van der Waals surface area contributed by atoms with Crippen LogP contribution in [0.25, 0.3) is 0 Å². The van der Waals surface area contributed by atoms with Crippen LogP contribution in [0.2, 0.25) is 0 Å². The van der Waals surface area contributed by atoms with Crippen molar-refractivity contribution < 1.29 is 19.4 Å². The lowest BCUT2D eigenvalue weighted by molar-refractivity contribution is 0.0199. The summed E-state index contributed by atoms with van der Waals surface area (Å²) in [5.74, 6) is 0.436. The molecule has 1 unspecified atom stereocenters. The Morgan fingerprint density at radius 2 is 2.40 bits per heavy atom. The van der Waals surface area contributed by atoms with Crippen molar-refractivity contribution in [3.63, 3.8) is 0 Å². The van der Waals surface area contributed by atoms with Gasteiger partial charge < -0.3 is 14.6 Å². The predicted octanol–water partition coefficient (Wildman–Crippen LogP) is 1.37. The third-order valence-corrected chi connectivity index (χ3v) is 2.28. The Morgan fingerprint density at radius 3 is 3.13 bits per heavy atom. The fraction of sp³-hybridized carbons (Fsp3) is 0.364. The van der Waals surface area contributed by atoms with E-state index >= 15 is 0 Å². The first-order valence-electron chi connectivity index (χ1n) is 4.84. The van der Waals surface area contributed by atoms with Crippen molar-refractivity contribution in [3.8, 4) is 11.5 Å². The quantitative estimate of drug-likeness (QED) is 0.797. The smallest absolute Gasteiger partial charge is 0.198 e. The highest BCUT2D eigenvalue weighted by molar-refractivity contribution is 6.03. The van der Waals surface area contributed by atoms with E-state index in [4.69, 9.17) is 9.47 Å². The third-order valence-electron chi connectivity index (χ3n) is 2.28. The van der Waals surface area contributed by atoms with Crippen LogP contribution in [0.3, 0.4) is 0 Å². The monoisotopic (exact) mass is 208 g/mol. The fourth-order valence-electron chi connectivity index (χ4n) is 1.58. The molecule has 0 aromatic heterocycles. The molecule has 1 aliphatic heterocycles. The molecule has 0 saturated heterocycles. The van der Waals surface area contributed by atoms with Crippen LogP contribution in [-0.2, 0) is 4.74 Å². The molecule has 1 atom stereocenters. The van der Waals surface area contributed by atoms with Gasteiger partial charge in [-0.2, -0.15) is 0 Å². The number of benzene rings is 1. The van der Waals surface area contributed by atoms with Gasteiger partial charge in [-0.05, 0) is 25.1 Å². The molecule has 1 N–H and O–H groups in total. The van der Waals surface area contributed by atoms with Crippen molar-refractivity contribution in [1.82, 2.24) is 0 Å². The second kappa shape index (κ2) is 3.90. The van der Waals surface area contributed by atoms with E-state index in [-0.39, 0.29) is 18.1 Å². The lowest BCUT2D eigenvalue weighted by Gasteiger charge is -2.23. The van der Waals surface area contributed by atoms with E-state index in [0.29, 0.717) is 17.9 Å². The molecular formula is C11H12O4. The SMILES string of the molecule is CCOC1COc2ccc(O)cc2C1=O. The average Bonchev–Trinajstić information content (AvgIpc) is 2.23. The summed E-state index contributed by atoms with van der Waals surface area (Å²) in [6, 6.07) is 4.49. The van der Waals surface area contributed by atoms with Crippen LogP contribution in [0.5, 0.6) is 11.5 Å². The van der Waals surface area contributed by atoms with Crippen LogP contribution in [-0.4, -0.2) is 30.2 Å². The highest BCUT2D eigenvalue weighted by Gasteiger charge is 2.29. The number of fused-ring (bicyclic) bond motifs is 1. The maximum Gasteiger partial charge on any atom is 0.198 e. The maximum absolute atomic E-state index is 11.8. The molecule has 0 radical (unpaired) electrons. The molecule has 4 heteroatoms. The minimum atomic E-state index is -0.552. The summed E-state index contributed by atoms with van der Waals surface area (Å²) in [5.41, 5.74) is 0.389. The standard InChI is InChI=1S/C11H12O4/c1-2-14-10-6-15-9-4-3-7(12)5-8(9)11(10)13/h3-5,10,12H,2,6H2,1H3. The molecule has 1 aliphatic rings. The highest BCUT2D eigenvalue weighted by Crippen LogP contribution is 2.28. The Hall–Kier alpha value is -1.55. The summed E-state index contributed by atoms with van der Waals surface area (Å²) in [5, 5.41) is 9.27. The first-order valence-corrected chi connectivity index (χ1v) is 4.84. The summed E-state index contributed by atoms with van der Waals surface area (Å²) >= 11 is 0. The number of rotatable bonds is 2. The molecule has 80 valence electrons. The van der Waals surface area contributed by atoms with E-state index in [1.807, 2.05) is 6.92 Å². The van der Waals surface area contributed by atoms with Crippen LogP contribution in [0.4, 0.5) is 0 Å². The van der Waals surface area contributed by atoms with Crippen LogP contribution in [0, 0.1) is 0 Å². The molecule has 0 saturated carbocycles. The van der Waals surface area contributed by atoms with E-state index in [1.54, 1.807) is 6.07 Å². The van der Waals surface area contributed by atoms with Crippen molar-refractivity contribution in [2.24, 2.45) is 0 Å². The van der Waals surface area contributed by atoms with Gasteiger partial charge in [0.25, 0.3) is 0 Å². The van der Waals surface area contributed by atoms with Crippen molar-refractivity contribution in [3.05, 3.63) is 23.8 Å².